The predicted molar refractivity (Wildman–Crippen MR) is 128 cm³/mol. The molecule has 1 saturated carbocycles. The Hall–Kier alpha value is 1.05. The quantitative estimate of drug-likeness (QED) is 0.298. The second-order valence-electron chi connectivity index (χ2n) is 10.9. The molecule has 0 aliphatic heterocycles. The summed E-state index contributed by atoms with van der Waals surface area (Å²) in [5.41, 5.74) is 0. The highest BCUT2D eigenvalue weighted by atomic mass is 32.2. The molecule has 2 atom stereocenters. The summed E-state index contributed by atoms with van der Waals surface area (Å²) in [6.45, 7) is 25.2. The minimum Gasteiger partial charge on any atom is -0.417 e. The van der Waals surface area contributed by atoms with E-state index in [0.29, 0.717) is 15.9 Å². The van der Waals surface area contributed by atoms with Crippen molar-refractivity contribution in [2.24, 2.45) is 11.8 Å². The number of rotatable bonds is 8. The van der Waals surface area contributed by atoms with Crippen LogP contribution in [0.1, 0.15) is 48.0 Å². The second-order valence-corrected chi connectivity index (χ2v) is 23.1. The van der Waals surface area contributed by atoms with Gasteiger partial charge >= 0.3 is 0 Å². The van der Waals surface area contributed by atoms with Crippen LogP contribution in [0, 0.1) is 11.8 Å². The molecule has 1 fully saturated rings. The summed E-state index contributed by atoms with van der Waals surface area (Å²) in [6.07, 6.45) is 5.77. The lowest BCUT2D eigenvalue weighted by atomic mass is 9.73. The van der Waals surface area contributed by atoms with E-state index < -0.39 is 16.6 Å². The topological polar surface area (TPSA) is 18.5 Å². The molecule has 1 rings (SSSR count). The maximum atomic E-state index is 6.65. The lowest BCUT2D eigenvalue weighted by Gasteiger charge is -2.55. The molecule has 26 heavy (non-hydrogen) atoms. The Morgan fingerprint density at radius 1 is 0.808 bits per heavy atom. The van der Waals surface area contributed by atoms with Gasteiger partial charge in [-0.25, -0.2) is 0 Å². The molecule has 156 valence electrons. The van der Waals surface area contributed by atoms with Crippen molar-refractivity contribution in [3.63, 3.8) is 0 Å². The van der Waals surface area contributed by atoms with E-state index in [1.54, 1.807) is 0 Å². The molecule has 0 aromatic carbocycles. The molecule has 0 unspecified atom stereocenters. The van der Waals surface area contributed by atoms with Gasteiger partial charge in [0.2, 0.25) is 0 Å². The summed E-state index contributed by atoms with van der Waals surface area (Å²) < 4.78 is 13.5. The number of thioether (sulfide) groups is 2. The molecule has 0 heterocycles. The van der Waals surface area contributed by atoms with Crippen molar-refractivity contribution in [1.82, 2.24) is 0 Å². The van der Waals surface area contributed by atoms with Crippen LogP contribution < -0.4 is 0 Å². The maximum Gasteiger partial charge on any atom is 0.191 e. The van der Waals surface area contributed by atoms with Gasteiger partial charge in [-0.05, 0) is 61.1 Å². The van der Waals surface area contributed by atoms with Crippen molar-refractivity contribution < 1.29 is 8.85 Å². The molecule has 0 bridgehead atoms. The van der Waals surface area contributed by atoms with Gasteiger partial charge in [-0.3, -0.25) is 0 Å². The van der Waals surface area contributed by atoms with Gasteiger partial charge < -0.3 is 8.85 Å². The second kappa shape index (κ2) is 8.43. The summed E-state index contributed by atoms with van der Waals surface area (Å²) in [6, 6.07) is 0. The third-order valence-corrected chi connectivity index (χ3v) is 19.6. The smallest absolute Gasteiger partial charge is 0.191 e. The highest BCUT2D eigenvalue weighted by molar-refractivity contribution is 8.17. The minimum absolute atomic E-state index is 0.269. The normalized spacial score (nSPS) is 24.5. The molecule has 0 aromatic rings. The van der Waals surface area contributed by atoms with Gasteiger partial charge in [0.05, 0.1) is 4.08 Å². The van der Waals surface area contributed by atoms with Crippen LogP contribution in [0.15, 0.2) is 0 Å². The van der Waals surface area contributed by atoms with Gasteiger partial charge in [-0.1, -0.05) is 41.5 Å². The first-order valence-electron chi connectivity index (χ1n) is 9.91. The Morgan fingerprint density at radius 3 is 1.54 bits per heavy atom. The Balaban J connectivity index is 2.81. The van der Waals surface area contributed by atoms with E-state index in [0.717, 1.165) is 13.2 Å². The first-order valence-corrected chi connectivity index (χ1v) is 18.2. The zero-order chi connectivity index (χ0) is 20.6. The summed E-state index contributed by atoms with van der Waals surface area (Å²) in [4.78, 5) is 0. The van der Waals surface area contributed by atoms with E-state index in [1.165, 1.54) is 6.42 Å². The van der Waals surface area contributed by atoms with Crippen LogP contribution in [-0.2, 0) is 8.85 Å². The van der Waals surface area contributed by atoms with E-state index in [-0.39, 0.29) is 10.1 Å². The van der Waals surface area contributed by atoms with Crippen LogP contribution in [0.25, 0.3) is 0 Å². The average Bonchev–Trinajstić information content (AvgIpc) is 2.44. The zero-order valence-electron chi connectivity index (χ0n) is 19.4. The highest BCUT2D eigenvalue weighted by Gasteiger charge is 2.54. The summed E-state index contributed by atoms with van der Waals surface area (Å²) in [5.74, 6) is 1.22. The molecule has 0 saturated heterocycles. The molecule has 0 amide bonds. The number of hydrogen-bond acceptors (Lipinski definition) is 4. The zero-order valence-corrected chi connectivity index (χ0v) is 23.0. The molecule has 0 radical (unpaired) electrons. The van der Waals surface area contributed by atoms with Crippen LogP contribution in [0.3, 0.4) is 0 Å². The molecular weight excluding hydrogens is 393 g/mol. The highest BCUT2D eigenvalue weighted by Crippen LogP contribution is 2.59. The monoisotopic (exact) mass is 436 g/mol. The fourth-order valence-electron chi connectivity index (χ4n) is 2.90. The Morgan fingerprint density at radius 2 is 1.19 bits per heavy atom. The van der Waals surface area contributed by atoms with Crippen molar-refractivity contribution >= 4 is 40.2 Å². The first-order chi connectivity index (χ1) is 11.5. The molecule has 0 spiro atoms. The van der Waals surface area contributed by atoms with Crippen molar-refractivity contribution in [2.75, 3.05) is 25.7 Å². The average molecular weight is 437 g/mol. The molecule has 1 aliphatic rings. The van der Waals surface area contributed by atoms with Gasteiger partial charge in [0.1, 0.15) is 0 Å². The van der Waals surface area contributed by atoms with Crippen LogP contribution in [0.5, 0.6) is 0 Å². The van der Waals surface area contributed by atoms with Crippen molar-refractivity contribution in [1.29, 1.82) is 0 Å². The standard InChI is InChI=1S/C20H44O2S2Si2/c1-18(2,3)25(9,10)21-14-16-13-20(23-7,24-8)17(16)15-22-26(11,12)19(4,5)6/h16-17H,13-15H2,1-12H3/t16-,17-/m1/s1. The third-order valence-electron chi connectivity index (χ3n) is 7.27. The lowest BCUT2D eigenvalue weighted by molar-refractivity contribution is 0.0489. The summed E-state index contributed by atoms with van der Waals surface area (Å²) >= 11 is 4.04. The predicted octanol–water partition coefficient (Wildman–Crippen LogP) is 7.09. The van der Waals surface area contributed by atoms with E-state index in [4.69, 9.17) is 8.85 Å². The van der Waals surface area contributed by atoms with Crippen LogP contribution >= 0.6 is 23.5 Å². The largest absolute Gasteiger partial charge is 0.417 e. The van der Waals surface area contributed by atoms with Crippen molar-refractivity contribution in [3.05, 3.63) is 0 Å². The van der Waals surface area contributed by atoms with Gasteiger partial charge in [0, 0.05) is 19.1 Å². The van der Waals surface area contributed by atoms with E-state index in [9.17, 15) is 0 Å². The van der Waals surface area contributed by atoms with Gasteiger partial charge in [0.15, 0.2) is 16.6 Å². The lowest BCUT2D eigenvalue weighted by Crippen LogP contribution is -2.56. The Bertz CT molecular complexity index is 463. The molecule has 0 N–H and O–H groups in total. The van der Waals surface area contributed by atoms with Crippen LogP contribution in [0.4, 0.5) is 0 Å². The van der Waals surface area contributed by atoms with Gasteiger partial charge in [0.25, 0.3) is 0 Å². The first kappa shape index (κ1) is 25.1. The van der Waals surface area contributed by atoms with Crippen LogP contribution in [-0.4, -0.2) is 46.4 Å². The number of hydrogen-bond donors (Lipinski definition) is 0. The Labute approximate surface area is 174 Å². The minimum atomic E-state index is -1.71. The molecule has 6 heteroatoms. The van der Waals surface area contributed by atoms with Gasteiger partial charge in [-0.15, -0.1) is 23.5 Å². The fourth-order valence-corrected chi connectivity index (χ4v) is 7.54. The van der Waals surface area contributed by atoms with Crippen molar-refractivity contribution in [2.45, 2.75) is 88.3 Å². The summed E-state index contributed by atoms with van der Waals surface area (Å²) in [5, 5.41) is 0.547. The maximum absolute atomic E-state index is 6.65. The Kier molecular flexibility index (Phi) is 8.13. The van der Waals surface area contributed by atoms with Gasteiger partial charge in [-0.2, -0.15) is 0 Å². The fraction of sp³-hybridized carbons (Fsp3) is 1.00. The third kappa shape index (κ3) is 5.35. The van der Waals surface area contributed by atoms with E-state index >= 15 is 0 Å². The SMILES string of the molecule is CSC1(SC)C[C@H](CO[Si](C)(C)C(C)(C)C)[C@H]1CO[Si](C)(C)C(C)(C)C. The molecule has 0 aromatic heterocycles. The van der Waals surface area contributed by atoms with E-state index in [1.807, 2.05) is 23.5 Å². The summed E-state index contributed by atoms with van der Waals surface area (Å²) in [7, 11) is -3.39. The molecule has 1 aliphatic carbocycles. The van der Waals surface area contributed by atoms with Crippen LogP contribution in [0.2, 0.25) is 36.3 Å². The molecular formula is C20H44O2S2Si2. The van der Waals surface area contributed by atoms with E-state index in [2.05, 4.69) is 80.2 Å². The van der Waals surface area contributed by atoms with Crippen molar-refractivity contribution in [3.8, 4) is 0 Å². The molecule has 2 nitrogen and oxygen atoms in total.